The number of nitrogens with zero attached hydrogens (tertiary/aromatic N) is 1. The molecule has 1 heterocycles. The van der Waals surface area contributed by atoms with E-state index in [4.69, 9.17) is 16.3 Å². The summed E-state index contributed by atoms with van der Waals surface area (Å²) >= 11 is 6.52. The van der Waals surface area contributed by atoms with Crippen LogP contribution in [0.1, 0.15) is 12.8 Å². The van der Waals surface area contributed by atoms with Gasteiger partial charge in [-0.1, -0.05) is 22.9 Å². The van der Waals surface area contributed by atoms with Crippen molar-refractivity contribution in [3.05, 3.63) is 10.7 Å². The SMILES string of the molecule is O=S(=O)(NCCOCC1CC1)c1cnc(Cl)s1. The van der Waals surface area contributed by atoms with E-state index in [2.05, 4.69) is 9.71 Å². The third-order valence-corrected chi connectivity index (χ3v) is 5.35. The first-order valence-electron chi connectivity index (χ1n) is 5.26. The first kappa shape index (κ1) is 13.2. The van der Waals surface area contributed by atoms with Crippen molar-refractivity contribution in [3.8, 4) is 0 Å². The van der Waals surface area contributed by atoms with Crippen LogP contribution in [0.3, 0.4) is 0 Å². The molecule has 0 atom stereocenters. The fourth-order valence-corrected chi connectivity index (χ4v) is 3.57. The summed E-state index contributed by atoms with van der Waals surface area (Å²) in [5, 5.41) is 0. The molecule has 0 unspecified atom stereocenters. The molecule has 1 saturated carbocycles. The van der Waals surface area contributed by atoms with Crippen molar-refractivity contribution in [1.29, 1.82) is 0 Å². The van der Waals surface area contributed by atoms with Crippen LogP contribution in [0, 0.1) is 5.92 Å². The Hall–Kier alpha value is -0.210. The zero-order valence-electron chi connectivity index (χ0n) is 9.06. The van der Waals surface area contributed by atoms with Crippen LogP contribution in [0.2, 0.25) is 4.47 Å². The highest BCUT2D eigenvalue weighted by atomic mass is 35.5. The molecule has 1 aliphatic rings. The Balaban J connectivity index is 1.73. The molecular formula is C9H13ClN2O3S2. The molecule has 1 N–H and O–H groups in total. The van der Waals surface area contributed by atoms with Crippen LogP contribution < -0.4 is 4.72 Å². The minimum Gasteiger partial charge on any atom is -0.380 e. The van der Waals surface area contributed by atoms with Crippen LogP contribution in [0.5, 0.6) is 0 Å². The summed E-state index contributed by atoms with van der Waals surface area (Å²) in [6, 6.07) is 0. The van der Waals surface area contributed by atoms with Crippen molar-refractivity contribution in [2.24, 2.45) is 5.92 Å². The first-order chi connectivity index (χ1) is 8.08. The number of rotatable bonds is 7. The molecule has 0 saturated heterocycles. The number of aromatic nitrogens is 1. The lowest BCUT2D eigenvalue weighted by Crippen LogP contribution is -2.27. The average molecular weight is 297 g/mol. The van der Waals surface area contributed by atoms with Crippen LogP contribution in [0.15, 0.2) is 10.4 Å². The summed E-state index contributed by atoms with van der Waals surface area (Å²) < 4.78 is 31.5. The molecule has 1 aromatic rings. The van der Waals surface area contributed by atoms with Crippen molar-refractivity contribution >= 4 is 33.0 Å². The van der Waals surface area contributed by atoms with Gasteiger partial charge < -0.3 is 4.74 Å². The van der Waals surface area contributed by atoms with Crippen molar-refractivity contribution < 1.29 is 13.2 Å². The monoisotopic (exact) mass is 296 g/mol. The number of ether oxygens (including phenoxy) is 1. The van der Waals surface area contributed by atoms with E-state index in [0.717, 1.165) is 17.9 Å². The predicted molar refractivity (Wildman–Crippen MR) is 65.9 cm³/mol. The van der Waals surface area contributed by atoms with E-state index < -0.39 is 10.0 Å². The van der Waals surface area contributed by atoms with Gasteiger partial charge >= 0.3 is 0 Å². The van der Waals surface area contributed by atoms with E-state index >= 15 is 0 Å². The number of halogens is 1. The number of thiazole rings is 1. The largest absolute Gasteiger partial charge is 0.380 e. The summed E-state index contributed by atoms with van der Waals surface area (Å²) in [5.41, 5.74) is 0. The lowest BCUT2D eigenvalue weighted by molar-refractivity contribution is 0.129. The zero-order valence-corrected chi connectivity index (χ0v) is 11.4. The van der Waals surface area contributed by atoms with E-state index in [0.29, 0.717) is 12.5 Å². The Morgan fingerprint density at radius 2 is 2.35 bits per heavy atom. The van der Waals surface area contributed by atoms with Gasteiger partial charge in [0.2, 0.25) is 0 Å². The average Bonchev–Trinajstić information content (AvgIpc) is 2.98. The quantitative estimate of drug-likeness (QED) is 0.774. The fourth-order valence-electron chi connectivity index (χ4n) is 1.22. The topological polar surface area (TPSA) is 68.3 Å². The first-order valence-corrected chi connectivity index (χ1v) is 7.94. The number of hydrogen-bond acceptors (Lipinski definition) is 5. The van der Waals surface area contributed by atoms with Crippen molar-refractivity contribution in [2.75, 3.05) is 19.8 Å². The molecule has 0 spiro atoms. The summed E-state index contributed by atoms with van der Waals surface area (Å²) in [5.74, 6) is 0.687. The maximum atomic E-state index is 11.7. The van der Waals surface area contributed by atoms with Crippen molar-refractivity contribution in [2.45, 2.75) is 17.1 Å². The molecule has 96 valence electrons. The third-order valence-electron chi connectivity index (χ3n) is 2.31. The molecule has 0 radical (unpaired) electrons. The lowest BCUT2D eigenvalue weighted by atomic mass is 10.5. The fraction of sp³-hybridized carbons (Fsp3) is 0.667. The van der Waals surface area contributed by atoms with Crippen LogP contribution in [0.4, 0.5) is 0 Å². The van der Waals surface area contributed by atoms with Gasteiger partial charge in [0, 0.05) is 13.2 Å². The summed E-state index contributed by atoms with van der Waals surface area (Å²) in [7, 11) is -3.48. The number of sulfonamides is 1. The molecule has 0 aromatic carbocycles. The molecule has 0 bridgehead atoms. The molecule has 8 heteroatoms. The number of nitrogens with one attached hydrogen (secondary N) is 1. The van der Waals surface area contributed by atoms with Crippen molar-refractivity contribution in [3.63, 3.8) is 0 Å². The highest BCUT2D eigenvalue weighted by Crippen LogP contribution is 2.28. The van der Waals surface area contributed by atoms with Gasteiger partial charge in [-0.05, 0) is 18.8 Å². The highest BCUT2D eigenvalue weighted by Gasteiger charge is 2.21. The van der Waals surface area contributed by atoms with Gasteiger partial charge in [-0.2, -0.15) is 0 Å². The van der Waals surface area contributed by atoms with Gasteiger partial charge in [0.15, 0.2) is 8.68 Å². The Labute approximate surface area is 109 Å². The van der Waals surface area contributed by atoms with Gasteiger partial charge in [0.25, 0.3) is 10.0 Å². The molecule has 17 heavy (non-hydrogen) atoms. The predicted octanol–water partition coefficient (Wildman–Crippen LogP) is 1.50. The van der Waals surface area contributed by atoms with E-state index in [1.54, 1.807) is 0 Å². The lowest BCUT2D eigenvalue weighted by Gasteiger charge is -2.05. The van der Waals surface area contributed by atoms with Gasteiger partial charge in [-0.25, -0.2) is 18.1 Å². The molecule has 5 nitrogen and oxygen atoms in total. The Kier molecular flexibility index (Phi) is 4.37. The maximum Gasteiger partial charge on any atom is 0.251 e. The smallest absolute Gasteiger partial charge is 0.251 e. The third kappa shape index (κ3) is 4.18. The van der Waals surface area contributed by atoms with Gasteiger partial charge in [0.1, 0.15) is 0 Å². The van der Waals surface area contributed by atoms with Gasteiger partial charge in [-0.15, -0.1) is 0 Å². The molecular weight excluding hydrogens is 284 g/mol. The molecule has 2 rings (SSSR count). The molecule has 1 aliphatic carbocycles. The van der Waals surface area contributed by atoms with E-state index in [1.807, 2.05) is 0 Å². The maximum absolute atomic E-state index is 11.7. The van der Waals surface area contributed by atoms with Gasteiger partial charge in [-0.3, -0.25) is 0 Å². The molecule has 1 aromatic heterocycles. The second kappa shape index (κ2) is 5.62. The molecule has 1 fully saturated rings. The summed E-state index contributed by atoms with van der Waals surface area (Å²) in [6.45, 7) is 1.39. The van der Waals surface area contributed by atoms with Crippen LogP contribution >= 0.6 is 22.9 Å². The second-order valence-corrected chi connectivity index (χ2v) is 7.45. The van der Waals surface area contributed by atoms with Crippen molar-refractivity contribution in [1.82, 2.24) is 9.71 Å². The van der Waals surface area contributed by atoms with E-state index in [1.165, 1.54) is 19.0 Å². The van der Waals surface area contributed by atoms with E-state index in [-0.39, 0.29) is 15.2 Å². The van der Waals surface area contributed by atoms with Crippen LogP contribution in [0.25, 0.3) is 0 Å². The Morgan fingerprint density at radius 1 is 1.59 bits per heavy atom. The normalized spacial score (nSPS) is 16.3. The summed E-state index contributed by atoms with van der Waals surface area (Å²) in [6.07, 6.45) is 3.70. The Bertz CT molecular complexity index is 470. The minimum absolute atomic E-state index is 0.129. The second-order valence-electron chi connectivity index (χ2n) is 3.85. The molecule has 0 amide bonds. The standard InChI is InChI=1S/C9H13ClN2O3S2/c10-9-11-5-8(16-9)17(13,14)12-3-4-15-6-7-1-2-7/h5,7,12H,1-4,6H2. The number of hydrogen-bond donors (Lipinski definition) is 1. The van der Waals surface area contributed by atoms with Crippen LogP contribution in [-0.4, -0.2) is 33.2 Å². The minimum atomic E-state index is -3.48. The van der Waals surface area contributed by atoms with Crippen LogP contribution in [-0.2, 0) is 14.8 Å². The van der Waals surface area contributed by atoms with Gasteiger partial charge in [0.05, 0.1) is 12.8 Å². The molecule has 0 aliphatic heterocycles. The van der Waals surface area contributed by atoms with E-state index in [9.17, 15) is 8.42 Å². The highest BCUT2D eigenvalue weighted by molar-refractivity contribution is 7.91. The Morgan fingerprint density at radius 3 is 2.94 bits per heavy atom. The zero-order chi connectivity index (χ0) is 12.3. The summed E-state index contributed by atoms with van der Waals surface area (Å²) in [4.78, 5) is 3.69.